The second-order valence-corrected chi connectivity index (χ2v) is 5.67. The van der Waals surface area contributed by atoms with Crippen LogP contribution >= 0.6 is 0 Å². The molecule has 0 aromatic heterocycles. The molecule has 0 bridgehead atoms. The lowest BCUT2D eigenvalue weighted by molar-refractivity contribution is -0.385. The fraction of sp³-hybridized carbons (Fsp3) is 0.0476. The van der Waals surface area contributed by atoms with Crippen molar-refractivity contribution in [2.24, 2.45) is 4.99 Å². The number of methoxy groups -OCH3 is 1. The minimum atomic E-state index is -0.667. The molecule has 3 rings (SSSR count). The van der Waals surface area contributed by atoms with Crippen LogP contribution in [0.2, 0.25) is 0 Å². The Kier molecular flexibility index (Phi) is 5.76. The molecule has 28 heavy (non-hydrogen) atoms. The summed E-state index contributed by atoms with van der Waals surface area (Å²) in [6.45, 7) is 0. The van der Waals surface area contributed by atoms with Crippen LogP contribution < -0.4 is 9.47 Å². The highest BCUT2D eigenvalue weighted by Gasteiger charge is 2.19. The molecular formula is C21H16N2O5. The van der Waals surface area contributed by atoms with E-state index in [1.807, 2.05) is 12.1 Å². The van der Waals surface area contributed by atoms with E-state index in [1.54, 1.807) is 48.5 Å². The van der Waals surface area contributed by atoms with Crippen molar-refractivity contribution in [1.82, 2.24) is 0 Å². The molecule has 0 aliphatic carbocycles. The van der Waals surface area contributed by atoms with Crippen LogP contribution in [0.4, 0.5) is 11.4 Å². The van der Waals surface area contributed by atoms with Crippen molar-refractivity contribution in [2.75, 3.05) is 7.11 Å². The summed E-state index contributed by atoms with van der Waals surface area (Å²) in [6, 6.07) is 19.7. The molecule has 7 heteroatoms. The third kappa shape index (κ3) is 4.39. The second-order valence-electron chi connectivity index (χ2n) is 5.67. The Hall–Kier alpha value is -4.00. The van der Waals surface area contributed by atoms with E-state index in [1.165, 1.54) is 25.5 Å². The summed E-state index contributed by atoms with van der Waals surface area (Å²) >= 11 is 0. The molecule has 0 atom stereocenters. The van der Waals surface area contributed by atoms with Crippen LogP contribution in [0.25, 0.3) is 0 Å². The first-order chi connectivity index (χ1) is 13.6. The molecule has 0 aliphatic rings. The number of esters is 1. The zero-order valence-electron chi connectivity index (χ0n) is 14.9. The molecule has 0 heterocycles. The Balaban J connectivity index is 1.86. The average Bonchev–Trinajstić information content (AvgIpc) is 2.73. The number of hydrogen-bond acceptors (Lipinski definition) is 6. The summed E-state index contributed by atoms with van der Waals surface area (Å²) in [7, 11) is 1.54. The number of para-hydroxylation sites is 2. The van der Waals surface area contributed by atoms with E-state index in [0.29, 0.717) is 22.6 Å². The van der Waals surface area contributed by atoms with Crippen molar-refractivity contribution in [3.05, 3.63) is 94.0 Å². The molecule has 0 unspecified atom stereocenters. The van der Waals surface area contributed by atoms with Crippen molar-refractivity contribution < 1.29 is 19.2 Å². The van der Waals surface area contributed by atoms with E-state index < -0.39 is 10.9 Å². The van der Waals surface area contributed by atoms with Gasteiger partial charge in [-0.15, -0.1) is 0 Å². The quantitative estimate of drug-likeness (QED) is 0.207. The van der Waals surface area contributed by atoms with Gasteiger partial charge in [0.15, 0.2) is 0 Å². The number of rotatable bonds is 6. The standard InChI is InChI=1S/C21H16N2O5/c1-27-19-10-6-5-9-17(19)22-14-15-11-12-20(18(13-15)23(25)26)28-21(24)16-7-3-2-4-8-16/h2-14H,1H3. The van der Waals surface area contributed by atoms with E-state index in [0.717, 1.165) is 0 Å². The number of hydrogen-bond donors (Lipinski definition) is 0. The van der Waals surface area contributed by atoms with Crippen molar-refractivity contribution in [3.63, 3.8) is 0 Å². The maximum absolute atomic E-state index is 12.2. The smallest absolute Gasteiger partial charge is 0.343 e. The van der Waals surface area contributed by atoms with Crippen LogP contribution in [-0.4, -0.2) is 24.2 Å². The summed E-state index contributed by atoms with van der Waals surface area (Å²) in [5.74, 6) is -0.214. The van der Waals surface area contributed by atoms with Crippen LogP contribution in [0.1, 0.15) is 15.9 Å². The second kappa shape index (κ2) is 8.59. The molecule has 0 aliphatic heterocycles. The van der Waals surface area contributed by atoms with Crippen LogP contribution in [0, 0.1) is 10.1 Å². The van der Waals surface area contributed by atoms with Gasteiger partial charge in [-0.05, 0) is 42.0 Å². The van der Waals surface area contributed by atoms with Crippen molar-refractivity contribution in [2.45, 2.75) is 0 Å². The summed E-state index contributed by atoms with van der Waals surface area (Å²) in [6.07, 6.45) is 1.48. The number of carbonyl (C=O) groups is 1. The number of aliphatic imine (C=N–C) groups is 1. The van der Waals surface area contributed by atoms with Gasteiger partial charge in [0.2, 0.25) is 5.75 Å². The van der Waals surface area contributed by atoms with Gasteiger partial charge in [0.25, 0.3) is 0 Å². The molecule has 7 nitrogen and oxygen atoms in total. The fourth-order valence-electron chi connectivity index (χ4n) is 2.46. The first-order valence-corrected chi connectivity index (χ1v) is 8.31. The minimum Gasteiger partial charge on any atom is -0.494 e. The molecule has 0 radical (unpaired) electrons. The number of benzene rings is 3. The van der Waals surface area contributed by atoms with Crippen LogP contribution in [0.3, 0.4) is 0 Å². The highest BCUT2D eigenvalue weighted by molar-refractivity contribution is 5.92. The van der Waals surface area contributed by atoms with E-state index >= 15 is 0 Å². The number of ether oxygens (including phenoxy) is 2. The van der Waals surface area contributed by atoms with Gasteiger partial charge in [-0.2, -0.15) is 0 Å². The highest BCUT2D eigenvalue weighted by Crippen LogP contribution is 2.30. The number of nitro groups is 1. The van der Waals surface area contributed by atoms with Gasteiger partial charge in [-0.1, -0.05) is 30.3 Å². The van der Waals surface area contributed by atoms with Crippen LogP contribution in [0.5, 0.6) is 11.5 Å². The number of carbonyl (C=O) groups excluding carboxylic acids is 1. The van der Waals surface area contributed by atoms with Gasteiger partial charge in [-0.3, -0.25) is 15.1 Å². The predicted molar refractivity (Wildman–Crippen MR) is 105 cm³/mol. The Morgan fingerprint density at radius 3 is 2.43 bits per heavy atom. The number of nitro benzene ring substituents is 1. The Morgan fingerprint density at radius 1 is 1.00 bits per heavy atom. The summed E-state index contributed by atoms with van der Waals surface area (Å²) < 4.78 is 10.4. The van der Waals surface area contributed by atoms with Gasteiger partial charge < -0.3 is 9.47 Å². The van der Waals surface area contributed by atoms with E-state index in [2.05, 4.69) is 4.99 Å². The molecule has 0 fully saturated rings. The maximum Gasteiger partial charge on any atom is 0.343 e. The summed E-state index contributed by atoms with van der Waals surface area (Å²) in [5, 5.41) is 11.4. The molecule has 140 valence electrons. The molecule has 3 aromatic carbocycles. The molecule has 0 amide bonds. The Bertz CT molecular complexity index is 1030. The molecule has 0 N–H and O–H groups in total. The molecular weight excluding hydrogens is 360 g/mol. The van der Waals surface area contributed by atoms with Gasteiger partial charge in [0.1, 0.15) is 11.4 Å². The average molecular weight is 376 g/mol. The van der Waals surface area contributed by atoms with Gasteiger partial charge in [0.05, 0.1) is 17.6 Å². The topological polar surface area (TPSA) is 91.0 Å². The first kappa shape index (κ1) is 18.8. The Labute approximate surface area is 161 Å². The van der Waals surface area contributed by atoms with Gasteiger partial charge in [-0.25, -0.2) is 4.79 Å². The zero-order valence-corrected chi connectivity index (χ0v) is 14.9. The normalized spacial score (nSPS) is 10.6. The van der Waals surface area contributed by atoms with Gasteiger partial charge in [0, 0.05) is 12.3 Å². The third-order valence-corrected chi connectivity index (χ3v) is 3.83. The van der Waals surface area contributed by atoms with E-state index in [9.17, 15) is 14.9 Å². The third-order valence-electron chi connectivity index (χ3n) is 3.83. The monoisotopic (exact) mass is 376 g/mol. The summed E-state index contributed by atoms with van der Waals surface area (Å²) in [4.78, 5) is 27.3. The lowest BCUT2D eigenvalue weighted by atomic mass is 10.2. The SMILES string of the molecule is COc1ccccc1N=Cc1ccc(OC(=O)c2ccccc2)c([N+](=O)[O-])c1. The number of nitrogens with zero attached hydrogens (tertiary/aromatic N) is 2. The van der Waals surface area contributed by atoms with Crippen molar-refractivity contribution >= 4 is 23.6 Å². The fourth-order valence-corrected chi connectivity index (χ4v) is 2.46. The largest absolute Gasteiger partial charge is 0.494 e. The van der Waals surface area contributed by atoms with Crippen LogP contribution in [-0.2, 0) is 0 Å². The van der Waals surface area contributed by atoms with E-state index in [4.69, 9.17) is 9.47 Å². The zero-order chi connectivity index (χ0) is 19.9. The lowest BCUT2D eigenvalue weighted by Crippen LogP contribution is -2.09. The molecule has 0 saturated carbocycles. The molecule has 3 aromatic rings. The minimum absolute atomic E-state index is 0.131. The predicted octanol–water partition coefficient (Wildman–Crippen LogP) is 4.57. The highest BCUT2D eigenvalue weighted by atomic mass is 16.6. The molecule has 0 saturated heterocycles. The van der Waals surface area contributed by atoms with E-state index in [-0.39, 0.29) is 11.4 Å². The van der Waals surface area contributed by atoms with Crippen LogP contribution in [0.15, 0.2) is 77.8 Å². The van der Waals surface area contributed by atoms with Gasteiger partial charge >= 0.3 is 11.7 Å². The maximum atomic E-state index is 12.2. The first-order valence-electron chi connectivity index (χ1n) is 8.31. The lowest BCUT2D eigenvalue weighted by Gasteiger charge is -2.06. The Morgan fingerprint density at radius 2 is 1.71 bits per heavy atom. The summed E-state index contributed by atoms with van der Waals surface area (Å²) in [5.41, 5.74) is 1.05. The van der Waals surface area contributed by atoms with Crippen molar-refractivity contribution in [1.29, 1.82) is 0 Å². The molecule has 0 spiro atoms. The van der Waals surface area contributed by atoms with Crippen molar-refractivity contribution in [3.8, 4) is 11.5 Å².